The molecule has 1 aromatic rings. The Kier molecular flexibility index (Phi) is 5.94. The first-order valence-corrected chi connectivity index (χ1v) is 5.86. The van der Waals surface area contributed by atoms with E-state index in [4.69, 9.17) is 14.6 Å². The van der Waals surface area contributed by atoms with Crippen LogP contribution in [0.25, 0.3) is 0 Å². The first-order chi connectivity index (χ1) is 8.65. The highest BCUT2D eigenvalue weighted by molar-refractivity contribution is 5.86. The van der Waals surface area contributed by atoms with Gasteiger partial charge in [0, 0.05) is 13.0 Å². The normalized spacial score (nSPS) is 11.8. The quantitative estimate of drug-likeness (QED) is 0.720. The number of hydrogen-bond donors (Lipinski definition) is 1. The number of carbonyl (C=O) groups is 1. The standard InChI is InChI=1S/C14H18O4/c1-3-17-13(11(2)14(15)16)9-10-18-12-7-5-4-6-8-12/h4-8,13H,2-3,9-10H2,1H3,(H,15,16). The summed E-state index contributed by atoms with van der Waals surface area (Å²) in [6.07, 6.45) is -0.0374. The maximum absolute atomic E-state index is 10.8. The fourth-order valence-electron chi connectivity index (χ4n) is 1.50. The molecule has 0 aromatic heterocycles. The summed E-state index contributed by atoms with van der Waals surface area (Å²) in [6.45, 7) is 6.17. The van der Waals surface area contributed by atoms with Gasteiger partial charge in [-0.1, -0.05) is 24.8 Å². The Labute approximate surface area is 107 Å². The van der Waals surface area contributed by atoms with Crippen LogP contribution in [0.15, 0.2) is 42.5 Å². The van der Waals surface area contributed by atoms with E-state index in [2.05, 4.69) is 6.58 Å². The lowest BCUT2D eigenvalue weighted by Crippen LogP contribution is -2.23. The van der Waals surface area contributed by atoms with Crippen molar-refractivity contribution in [3.05, 3.63) is 42.5 Å². The summed E-state index contributed by atoms with van der Waals surface area (Å²) >= 11 is 0. The maximum atomic E-state index is 10.8. The van der Waals surface area contributed by atoms with Crippen molar-refractivity contribution in [1.29, 1.82) is 0 Å². The van der Waals surface area contributed by atoms with Crippen LogP contribution in [0, 0.1) is 0 Å². The highest BCUT2D eigenvalue weighted by Gasteiger charge is 2.18. The van der Waals surface area contributed by atoms with Crippen LogP contribution >= 0.6 is 0 Å². The summed E-state index contributed by atoms with van der Waals surface area (Å²) in [7, 11) is 0. The van der Waals surface area contributed by atoms with Crippen molar-refractivity contribution in [1.82, 2.24) is 0 Å². The van der Waals surface area contributed by atoms with Crippen molar-refractivity contribution in [3.63, 3.8) is 0 Å². The number of aliphatic carboxylic acids is 1. The van der Waals surface area contributed by atoms with Gasteiger partial charge >= 0.3 is 5.97 Å². The van der Waals surface area contributed by atoms with Crippen LogP contribution in [0.5, 0.6) is 5.75 Å². The molecule has 1 rings (SSSR count). The predicted molar refractivity (Wildman–Crippen MR) is 68.7 cm³/mol. The van der Waals surface area contributed by atoms with Gasteiger partial charge in [0.15, 0.2) is 0 Å². The Hall–Kier alpha value is -1.81. The predicted octanol–water partition coefficient (Wildman–Crippen LogP) is 2.50. The molecule has 0 saturated heterocycles. The monoisotopic (exact) mass is 250 g/mol. The van der Waals surface area contributed by atoms with Crippen molar-refractivity contribution in [2.45, 2.75) is 19.4 Å². The molecule has 1 unspecified atom stereocenters. The molecule has 0 spiro atoms. The second-order valence-corrected chi connectivity index (χ2v) is 3.72. The molecule has 0 amide bonds. The summed E-state index contributed by atoms with van der Waals surface area (Å²) < 4.78 is 10.8. The molecular formula is C14H18O4. The summed E-state index contributed by atoms with van der Waals surface area (Å²) in [5, 5.41) is 8.88. The van der Waals surface area contributed by atoms with Crippen molar-refractivity contribution >= 4 is 5.97 Å². The summed E-state index contributed by atoms with van der Waals surface area (Å²) in [5.74, 6) is -0.276. The van der Waals surface area contributed by atoms with Crippen molar-refractivity contribution in [3.8, 4) is 5.75 Å². The minimum absolute atomic E-state index is 0.0634. The SMILES string of the molecule is C=C(C(=O)O)C(CCOc1ccccc1)OCC. The van der Waals surface area contributed by atoms with E-state index in [1.807, 2.05) is 37.3 Å². The topological polar surface area (TPSA) is 55.8 Å². The van der Waals surface area contributed by atoms with Gasteiger partial charge in [0.05, 0.1) is 18.3 Å². The molecule has 0 aliphatic carbocycles. The van der Waals surface area contributed by atoms with Gasteiger partial charge in [-0.05, 0) is 19.1 Å². The third-order valence-corrected chi connectivity index (χ3v) is 2.42. The molecule has 18 heavy (non-hydrogen) atoms. The zero-order valence-electron chi connectivity index (χ0n) is 10.5. The molecule has 0 radical (unpaired) electrons. The number of rotatable bonds is 8. The van der Waals surface area contributed by atoms with E-state index in [-0.39, 0.29) is 5.57 Å². The minimum atomic E-state index is -1.03. The Morgan fingerprint density at radius 2 is 2.06 bits per heavy atom. The van der Waals surface area contributed by atoms with E-state index in [0.717, 1.165) is 5.75 Å². The lowest BCUT2D eigenvalue weighted by Gasteiger charge is -2.17. The van der Waals surface area contributed by atoms with Gasteiger partial charge in [0.2, 0.25) is 0 Å². The van der Waals surface area contributed by atoms with E-state index in [1.54, 1.807) is 0 Å². The van der Waals surface area contributed by atoms with Gasteiger partial charge in [-0.2, -0.15) is 0 Å². The van der Waals surface area contributed by atoms with Crippen molar-refractivity contribution < 1.29 is 19.4 Å². The number of para-hydroxylation sites is 1. The van der Waals surface area contributed by atoms with E-state index < -0.39 is 12.1 Å². The van der Waals surface area contributed by atoms with Crippen LogP contribution in [-0.2, 0) is 9.53 Å². The van der Waals surface area contributed by atoms with Crippen LogP contribution < -0.4 is 4.74 Å². The van der Waals surface area contributed by atoms with Crippen LogP contribution in [0.2, 0.25) is 0 Å². The first kappa shape index (κ1) is 14.3. The molecule has 0 fully saturated rings. The average Bonchev–Trinajstić information content (AvgIpc) is 2.38. The van der Waals surface area contributed by atoms with Gasteiger partial charge in [0.25, 0.3) is 0 Å². The molecule has 0 aliphatic rings. The third-order valence-electron chi connectivity index (χ3n) is 2.42. The Morgan fingerprint density at radius 1 is 1.39 bits per heavy atom. The number of carboxylic acids is 1. The fraction of sp³-hybridized carbons (Fsp3) is 0.357. The average molecular weight is 250 g/mol. The molecule has 0 saturated carbocycles. The summed E-state index contributed by atoms with van der Waals surface area (Å²) in [6, 6.07) is 9.36. The molecule has 4 nitrogen and oxygen atoms in total. The first-order valence-electron chi connectivity index (χ1n) is 5.86. The van der Waals surface area contributed by atoms with Crippen molar-refractivity contribution in [2.24, 2.45) is 0 Å². The lowest BCUT2D eigenvalue weighted by atomic mass is 10.1. The molecule has 98 valence electrons. The minimum Gasteiger partial charge on any atom is -0.493 e. The van der Waals surface area contributed by atoms with E-state index in [0.29, 0.717) is 19.6 Å². The summed E-state index contributed by atoms with van der Waals surface area (Å²) in [4.78, 5) is 10.8. The second kappa shape index (κ2) is 7.50. The molecule has 0 heterocycles. The van der Waals surface area contributed by atoms with Gasteiger partial charge < -0.3 is 14.6 Å². The number of carboxylic acid groups (broad SMARTS) is 1. The zero-order chi connectivity index (χ0) is 13.4. The zero-order valence-corrected chi connectivity index (χ0v) is 10.5. The number of benzene rings is 1. The highest BCUT2D eigenvalue weighted by Crippen LogP contribution is 2.13. The Bertz CT molecular complexity index is 386. The van der Waals surface area contributed by atoms with Crippen LogP contribution in [0.3, 0.4) is 0 Å². The molecule has 0 bridgehead atoms. The maximum Gasteiger partial charge on any atom is 0.333 e. The van der Waals surface area contributed by atoms with E-state index in [1.165, 1.54) is 0 Å². The molecule has 0 aliphatic heterocycles. The Balaban J connectivity index is 2.43. The number of ether oxygens (including phenoxy) is 2. The molecule has 1 atom stereocenters. The molecule has 1 aromatic carbocycles. The largest absolute Gasteiger partial charge is 0.493 e. The van der Waals surface area contributed by atoms with E-state index >= 15 is 0 Å². The van der Waals surface area contributed by atoms with Gasteiger partial charge in [-0.3, -0.25) is 0 Å². The highest BCUT2D eigenvalue weighted by atomic mass is 16.5. The van der Waals surface area contributed by atoms with Gasteiger partial charge in [0.1, 0.15) is 5.75 Å². The second-order valence-electron chi connectivity index (χ2n) is 3.72. The summed E-state index contributed by atoms with van der Waals surface area (Å²) in [5.41, 5.74) is 0.0634. The van der Waals surface area contributed by atoms with Crippen LogP contribution in [-0.4, -0.2) is 30.4 Å². The van der Waals surface area contributed by atoms with Gasteiger partial charge in [-0.15, -0.1) is 0 Å². The molecule has 1 N–H and O–H groups in total. The Morgan fingerprint density at radius 3 is 2.61 bits per heavy atom. The molecule has 4 heteroatoms. The third kappa shape index (κ3) is 4.59. The van der Waals surface area contributed by atoms with Crippen LogP contribution in [0.4, 0.5) is 0 Å². The van der Waals surface area contributed by atoms with E-state index in [9.17, 15) is 4.79 Å². The lowest BCUT2D eigenvalue weighted by molar-refractivity contribution is -0.134. The van der Waals surface area contributed by atoms with Crippen LogP contribution in [0.1, 0.15) is 13.3 Å². The van der Waals surface area contributed by atoms with Crippen molar-refractivity contribution in [2.75, 3.05) is 13.2 Å². The van der Waals surface area contributed by atoms with Gasteiger partial charge in [-0.25, -0.2) is 4.79 Å². The molecular weight excluding hydrogens is 232 g/mol. The smallest absolute Gasteiger partial charge is 0.333 e. The number of hydrogen-bond acceptors (Lipinski definition) is 3. The fourth-order valence-corrected chi connectivity index (χ4v) is 1.50.